The maximum Gasteiger partial charge on any atom is 0.251 e. The summed E-state index contributed by atoms with van der Waals surface area (Å²) in [6.07, 6.45) is 5.31. The summed E-state index contributed by atoms with van der Waals surface area (Å²) in [6, 6.07) is 14.4. The fourth-order valence-corrected chi connectivity index (χ4v) is 3.91. The van der Waals surface area contributed by atoms with Crippen molar-refractivity contribution in [2.45, 2.75) is 66.3 Å². The third-order valence-corrected chi connectivity index (χ3v) is 5.91. The van der Waals surface area contributed by atoms with Gasteiger partial charge >= 0.3 is 0 Å². The number of hydrogen-bond acceptors (Lipinski definition) is 2. The van der Waals surface area contributed by atoms with E-state index in [-0.39, 0.29) is 5.91 Å². The first-order chi connectivity index (χ1) is 14.5. The first kappa shape index (κ1) is 22.1. The molecule has 0 saturated carbocycles. The molecule has 4 heteroatoms. The van der Waals surface area contributed by atoms with E-state index in [4.69, 9.17) is 4.98 Å². The number of benzene rings is 2. The fraction of sp³-hybridized carbons (Fsp3) is 0.462. The zero-order chi connectivity index (χ0) is 21.5. The van der Waals surface area contributed by atoms with E-state index in [9.17, 15) is 4.79 Å². The van der Waals surface area contributed by atoms with Crippen LogP contribution in [0.2, 0.25) is 0 Å². The monoisotopic (exact) mass is 405 g/mol. The lowest BCUT2D eigenvalue weighted by Crippen LogP contribution is -2.25. The summed E-state index contributed by atoms with van der Waals surface area (Å²) >= 11 is 0. The zero-order valence-corrected chi connectivity index (χ0v) is 18.9. The zero-order valence-electron chi connectivity index (χ0n) is 18.9. The van der Waals surface area contributed by atoms with E-state index in [1.165, 1.54) is 23.3 Å². The number of amides is 1. The van der Waals surface area contributed by atoms with Crippen LogP contribution in [0.25, 0.3) is 11.0 Å². The Bertz CT molecular complexity index is 989. The van der Waals surface area contributed by atoms with Gasteiger partial charge in [0.1, 0.15) is 5.82 Å². The summed E-state index contributed by atoms with van der Waals surface area (Å²) in [5.41, 5.74) is 5.33. The Balaban J connectivity index is 1.49. The van der Waals surface area contributed by atoms with Crippen molar-refractivity contribution in [3.63, 3.8) is 0 Å². The Kier molecular flexibility index (Phi) is 7.67. The number of para-hydroxylation sites is 2. The van der Waals surface area contributed by atoms with E-state index in [2.05, 4.69) is 54.1 Å². The maximum atomic E-state index is 12.4. The lowest BCUT2D eigenvalue weighted by molar-refractivity contribution is 0.0952. The summed E-state index contributed by atoms with van der Waals surface area (Å²) in [4.78, 5) is 17.3. The van der Waals surface area contributed by atoms with E-state index in [1.54, 1.807) is 0 Å². The second-order valence-corrected chi connectivity index (χ2v) is 8.53. The van der Waals surface area contributed by atoms with Gasteiger partial charge in [-0.05, 0) is 56.4 Å². The molecule has 4 nitrogen and oxygen atoms in total. The van der Waals surface area contributed by atoms with Crippen LogP contribution in [-0.4, -0.2) is 22.0 Å². The van der Waals surface area contributed by atoms with Gasteiger partial charge in [-0.3, -0.25) is 4.79 Å². The van der Waals surface area contributed by atoms with Crippen LogP contribution in [0.15, 0.2) is 42.5 Å². The SMILES string of the molecule is CCC(C)Cn1c(CCCCCNC(=O)c2ccc(C)cc2C)nc2ccccc21. The van der Waals surface area contributed by atoms with Gasteiger partial charge in [0.25, 0.3) is 5.91 Å². The van der Waals surface area contributed by atoms with Gasteiger partial charge in [0.05, 0.1) is 11.0 Å². The third-order valence-electron chi connectivity index (χ3n) is 5.91. The minimum Gasteiger partial charge on any atom is -0.352 e. The average molecular weight is 406 g/mol. The highest BCUT2D eigenvalue weighted by Gasteiger charge is 2.12. The molecule has 0 spiro atoms. The van der Waals surface area contributed by atoms with Gasteiger partial charge in [-0.2, -0.15) is 0 Å². The Hall–Kier alpha value is -2.62. The molecule has 0 aliphatic rings. The third kappa shape index (κ3) is 5.50. The van der Waals surface area contributed by atoms with Gasteiger partial charge < -0.3 is 9.88 Å². The number of aromatic nitrogens is 2. The van der Waals surface area contributed by atoms with Crippen LogP contribution in [0.4, 0.5) is 0 Å². The standard InChI is InChI=1S/C26H35N3O/c1-5-19(2)18-29-24-12-9-8-11-23(24)28-25(29)13-7-6-10-16-27-26(30)22-15-14-20(3)17-21(22)4/h8-9,11-12,14-15,17,19H,5-7,10,13,16,18H2,1-4H3,(H,27,30). The number of unbranched alkanes of at least 4 members (excludes halogenated alkanes) is 2. The summed E-state index contributed by atoms with van der Waals surface area (Å²) < 4.78 is 2.41. The molecule has 1 heterocycles. The van der Waals surface area contributed by atoms with E-state index in [0.29, 0.717) is 5.92 Å². The van der Waals surface area contributed by atoms with E-state index >= 15 is 0 Å². The minimum absolute atomic E-state index is 0.0304. The molecule has 1 atom stereocenters. The maximum absolute atomic E-state index is 12.4. The molecule has 1 aromatic heterocycles. The summed E-state index contributed by atoms with van der Waals surface area (Å²) in [7, 11) is 0. The lowest BCUT2D eigenvalue weighted by Gasteiger charge is -2.14. The van der Waals surface area contributed by atoms with Gasteiger partial charge in [-0.15, -0.1) is 0 Å². The number of fused-ring (bicyclic) bond motifs is 1. The number of carbonyl (C=O) groups excluding carboxylic acids is 1. The van der Waals surface area contributed by atoms with Gasteiger partial charge in [0, 0.05) is 25.1 Å². The first-order valence-corrected chi connectivity index (χ1v) is 11.3. The van der Waals surface area contributed by atoms with Crippen molar-refractivity contribution in [2.24, 2.45) is 5.92 Å². The van der Waals surface area contributed by atoms with Gasteiger partial charge in [0.2, 0.25) is 0 Å². The highest BCUT2D eigenvalue weighted by molar-refractivity contribution is 5.95. The average Bonchev–Trinajstić information content (AvgIpc) is 3.07. The van der Waals surface area contributed by atoms with Crippen LogP contribution >= 0.6 is 0 Å². The Morgan fingerprint density at radius 2 is 1.90 bits per heavy atom. The van der Waals surface area contributed by atoms with Crippen molar-refractivity contribution in [1.29, 1.82) is 0 Å². The largest absolute Gasteiger partial charge is 0.352 e. The highest BCUT2D eigenvalue weighted by Crippen LogP contribution is 2.20. The summed E-state index contributed by atoms with van der Waals surface area (Å²) in [5, 5.41) is 3.06. The van der Waals surface area contributed by atoms with Crippen molar-refractivity contribution in [2.75, 3.05) is 6.54 Å². The summed E-state index contributed by atoms with van der Waals surface area (Å²) in [5.74, 6) is 1.86. The second kappa shape index (κ2) is 10.4. The number of nitrogens with zero attached hydrogens (tertiary/aromatic N) is 2. The van der Waals surface area contributed by atoms with Crippen LogP contribution in [0, 0.1) is 19.8 Å². The Morgan fingerprint density at radius 1 is 1.10 bits per heavy atom. The predicted molar refractivity (Wildman–Crippen MR) is 125 cm³/mol. The van der Waals surface area contributed by atoms with Crippen LogP contribution in [-0.2, 0) is 13.0 Å². The topological polar surface area (TPSA) is 46.9 Å². The molecule has 0 fully saturated rings. The van der Waals surface area contributed by atoms with Crippen molar-refractivity contribution in [1.82, 2.24) is 14.9 Å². The summed E-state index contributed by atoms with van der Waals surface area (Å²) in [6.45, 7) is 10.3. The van der Waals surface area contributed by atoms with Crippen molar-refractivity contribution >= 4 is 16.9 Å². The van der Waals surface area contributed by atoms with E-state index < -0.39 is 0 Å². The van der Waals surface area contributed by atoms with Crippen molar-refractivity contribution < 1.29 is 4.79 Å². The molecule has 3 aromatic rings. The Morgan fingerprint density at radius 3 is 2.67 bits per heavy atom. The highest BCUT2D eigenvalue weighted by atomic mass is 16.1. The molecular formula is C26H35N3O. The predicted octanol–water partition coefficient (Wildman–Crippen LogP) is 5.84. The first-order valence-electron chi connectivity index (χ1n) is 11.3. The molecule has 2 aromatic carbocycles. The molecule has 1 unspecified atom stereocenters. The molecule has 1 N–H and O–H groups in total. The number of hydrogen-bond donors (Lipinski definition) is 1. The number of carbonyl (C=O) groups is 1. The molecule has 1 amide bonds. The fourth-order valence-electron chi connectivity index (χ4n) is 3.91. The van der Waals surface area contributed by atoms with Crippen molar-refractivity contribution in [3.05, 3.63) is 65.0 Å². The quantitative estimate of drug-likeness (QED) is 0.431. The van der Waals surface area contributed by atoms with Gasteiger partial charge in [-0.25, -0.2) is 4.98 Å². The Labute approximate surface area is 180 Å². The molecule has 0 radical (unpaired) electrons. The van der Waals surface area contributed by atoms with Crippen LogP contribution in [0.1, 0.15) is 66.8 Å². The van der Waals surface area contributed by atoms with Gasteiger partial charge in [0.15, 0.2) is 0 Å². The van der Waals surface area contributed by atoms with Crippen LogP contribution in [0.3, 0.4) is 0 Å². The van der Waals surface area contributed by atoms with Gasteiger partial charge in [-0.1, -0.05) is 56.5 Å². The van der Waals surface area contributed by atoms with Crippen molar-refractivity contribution in [3.8, 4) is 0 Å². The molecule has 0 bridgehead atoms. The molecule has 0 aliphatic carbocycles. The van der Waals surface area contributed by atoms with Crippen LogP contribution < -0.4 is 5.32 Å². The molecule has 30 heavy (non-hydrogen) atoms. The second-order valence-electron chi connectivity index (χ2n) is 8.53. The smallest absolute Gasteiger partial charge is 0.251 e. The van der Waals surface area contributed by atoms with Crippen LogP contribution in [0.5, 0.6) is 0 Å². The number of nitrogens with one attached hydrogen (secondary N) is 1. The number of imidazole rings is 1. The van der Waals surface area contributed by atoms with E-state index in [1.807, 2.05) is 26.0 Å². The number of rotatable bonds is 10. The normalized spacial score (nSPS) is 12.3. The lowest BCUT2D eigenvalue weighted by atomic mass is 10.1. The molecule has 0 saturated heterocycles. The molecule has 0 aliphatic heterocycles. The minimum atomic E-state index is 0.0304. The molecular weight excluding hydrogens is 370 g/mol. The molecule has 3 rings (SSSR count). The number of aryl methyl sites for hydroxylation is 3. The molecule has 160 valence electrons. The van der Waals surface area contributed by atoms with E-state index in [0.717, 1.165) is 55.4 Å².